The van der Waals surface area contributed by atoms with Crippen molar-refractivity contribution in [1.29, 1.82) is 0 Å². The van der Waals surface area contributed by atoms with Crippen LogP contribution in [0.1, 0.15) is 17.5 Å². The lowest BCUT2D eigenvalue weighted by molar-refractivity contribution is 0.247. The smallest absolute Gasteiger partial charge is 0.141 e. The molecule has 1 aliphatic rings. The molecule has 0 radical (unpaired) electrons. The van der Waals surface area contributed by atoms with Gasteiger partial charge in [-0.2, -0.15) is 11.3 Å². The second-order valence-corrected chi connectivity index (χ2v) is 6.97. The van der Waals surface area contributed by atoms with Gasteiger partial charge in [-0.1, -0.05) is 17.7 Å². The lowest BCUT2D eigenvalue weighted by Crippen LogP contribution is -2.30. The van der Waals surface area contributed by atoms with E-state index in [1.54, 1.807) is 17.4 Å². The minimum absolute atomic E-state index is 0.214. The summed E-state index contributed by atoms with van der Waals surface area (Å²) >= 11 is 7.62. The Balaban J connectivity index is 1.54. The number of benzene rings is 1. The van der Waals surface area contributed by atoms with Crippen molar-refractivity contribution in [1.82, 2.24) is 9.80 Å². The Labute approximate surface area is 140 Å². The zero-order valence-corrected chi connectivity index (χ0v) is 14.0. The predicted octanol–water partition coefficient (Wildman–Crippen LogP) is 4.25. The van der Waals surface area contributed by atoms with Crippen LogP contribution in [0.5, 0.6) is 0 Å². The SMILES string of the molecule is Fc1ccc(CN2CCCN(Cc3ccsc3)CC2)cc1Cl. The zero-order chi connectivity index (χ0) is 15.4. The molecule has 1 fully saturated rings. The third-order valence-corrected chi connectivity index (χ3v) is 5.08. The maximum Gasteiger partial charge on any atom is 0.141 e. The summed E-state index contributed by atoms with van der Waals surface area (Å²) in [5.74, 6) is -0.344. The summed E-state index contributed by atoms with van der Waals surface area (Å²) in [7, 11) is 0. The van der Waals surface area contributed by atoms with E-state index >= 15 is 0 Å². The van der Waals surface area contributed by atoms with Crippen LogP contribution in [-0.2, 0) is 13.1 Å². The fourth-order valence-corrected chi connectivity index (χ4v) is 3.74. The summed E-state index contributed by atoms with van der Waals surface area (Å²) in [6, 6.07) is 7.23. The molecule has 0 unspecified atom stereocenters. The molecule has 1 aromatic heterocycles. The molecular formula is C17H20ClFN2S. The normalized spacial score (nSPS) is 17.5. The average molecular weight is 339 g/mol. The van der Waals surface area contributed by atoms with Crippen LogP contribution in [0.15, 0.2) is 35.0 Å². The highest BCUT2D eigenvalue weighted by molar-refractivity contribution is 7.07. The van der Waals surface area contributed by atoms with Crippen LogP contribution in [0, 0.1) is 5.82 Å². The molecule has 2 aromatic rings. The average Bonchev–Trinajstić information content (AvgIpc) is 2.91. The summed E-state index contributed by atoms with van der Waals surface area (Å²) in [6.45, 7) is 6.21. The van der Waals surface area contributed by atoms with Gasteiger partial charge in [0.2, 0.25) is 0 Å². The van der Waals surface area contributed by atoms with Gasteiger partial charge in [0, 0.05) is 26.2 Å². The first kappa shape index (κ1) is 15.9. The Morgan fingerprint density at radius 1 is 1.00 bits per heavy atom. The Hall–Kier alpha value is -0.940. The van der Waals surface area contributed by atoms with Gasteiger partial charge in [-0.05, 0) is 59.6 Å². The molecule has 0 N–H and O–H groups in total. The summed E-state index contributed by atoms with van der Waals surface area (Å²) < 4.78 is 13.2. The van der Waals surface area contributed by atoms with Crippen molar-refractivity contribution < 1.29 is 4.39 Å². The topological polar surface area (TPSA) is 6.48 Å². The van der Waals surface area contributed by atoms with E-state index in [1.807, 2.05) is 6.07 Å². The van der Waals surface area contributed by atoms with Gasteiger partial charge in [0.05, 0.1) is 5.02 Å². The van der Waals surface area contributed by atoms with Crippen molar-refractivity contribution in [2.45, 2.75) is 19.5 Å². The highest BCUT2D eigenvalue weighted by Gasteiger charge is 2.15. The molecule has 5 heteroatoms. The second-order valence-electron chi connectivity index (χ2n) is 5.79. The third-order valence-electron chi connectivity index (χ3n) is 4.06. The largest absolute Gasteiger partial charge is 0.298 e. The first-order valence-electron chi connectivity index (χ1n) is 7.60. The molecule has 118 valence electrons. The Morgan fingerprint density at radius 2 is 1.73 bits per heavy atom. The minimum atomic E-state index is -0.344. The Bertz CT molecular complexity index is 603. The van der Waals surface area contributed by atoms with Crippen molar-refractivity contribution in [3.05, 3.63) is 57.0 Å². The summed E-state index contributed by atoms with van der Waals surface area (Å²) in [5, 5.41) is 4.58. The summed E-state index contributed by atoms with van der Waals surface area (Å²) in [5.41, 5.74) is 2.49. The second kappa shape index (κ2) is 7.55. The minimum Gasteiger partial charge on any atom is -0.298 e. The highest BCUT2D eigenvalue weighted by atomic mass is 35.5. The highest BCUT2D eigenvalue weighted by Crippen LogP contribution is 2.18. The molecule has 1 aliphatic heterocycles. The monoisotopic (exact) mass is 338 g/mol. The van der Waals surface area contributed by atoms with Gasteiger partial charge >= 0.3 is 0 Å². The third kappa shape index (κ3) is 4.29. The molecular weight excluding hydrogens is 319 g/mol. The van der Waals surface area contributed by atoms with E-state index in [1.165, 1.54) is 18.1 Å². The molecule has 3 rings (SSSR count). The van der Waals surface area contributed by atoms with Crippen LogP contribution >= 0.6 is 22.9 Å². The molecule has 1 aromatic carbocycles. The molecule has 0 spiro atoms. The van der Waals surface area contributed by atoms with Crippen molar-refractivity contribution in [2.75, 3.05) is 26.2 Å². The maximum atomic E-state index is 13.2. The standard InChI is InChI=1S/C17H20ClFN2S/c18-16-10-14(2-3-17(16)19)11-20-5-1-6-21(8-7-20)12-15-4-9-22-13-15/h2-4,9-10,13H,1,5-8,11-12H2. The van der Waals surface area contributed by atoms with Gasteiger partial charge in [-0.25, -0.2) is 4.39 Å². The lowest BCUT2D eigenvalue weighted by atomic mass is 10.2. The van der Waals surface area contributed by atoms with Crippen molar-refractivity contribution in [3.63, 3.8) is 0 Å². The molecule has 2 nitrogen and oxygen atoms in total. The Morgan fingerprint density at radius 3 is 2.36 bits per heavy atom. The van der Waals surface area contributed by atoms with Crippen molar-refractivity contribution in [3.8, 4) is 0 Å². The zero-order valence-electron chi connectivity index (χ0n) is 12.5. The van der Waals surface area contributed by atoms with Crippen LogP contribution in [0.4, 0.5) is 4.39 Å². The van der Waals surface area contributed by atoms with Gasteiger partial charge < -0.3 is 0 Å². The van der Waals surface area contributed by atoms with Gasteiger partial charge in [0.1, 0.15) is 5.82 Å². The van der Waals surface area contributed by atoms with E-state index in [9.17, 15) is 4.39 Å². The van der Waals surface area contributed by atoms with Crippen LogP contribution in [0.3, 0.4) is 0 Å². The molecule has 0 atom stereocenters. The van der Waals surface area contributed by atoms with E-state index < -0.39 is 0 Å². The first-order chi connectivity index (χ1) is 10.7. The maximum absolute atomic E-state index is 13.2. The quantitative estimate of drug-likeness (QED) is 0.822. The van der Waals surface area contributed by atoms with E-state index in [0.717, 1.165) is 44.8 Å². The predicted molar refractivity (Wildman–Crippen MR) is 90.9 cm³/mol. The fourth-order valence-electron chi connectivity index (χ4n) is 2.88. The van der Waals surface area contributed by atoms with Crippen molar-refractivity contribution >= 4 is 22.9 Å². The van der Waals surface area contributed by atoms with Crippen LogP contribution in [0.2, 0.25) is 5.02 Å². The lowest BCUT2D eigenvalue weighted by Gasteiger charge is -2.21. The van der Waals surface area contributed by atoms with E-state index in [-0.39, 0.29) is 10.8 Å². The molecule has 0 amide bonds. The van der Waals surface area contributed by atoms with Crippen LogP contribution in [-0.4, -0.2) is 36.0 Å². The molecule has 0 bridgehead atoms. The molecule has 2 heterocycles. The fraction of sp³-hybridized carbons (Fsp3) is 0.412. The van der Waals surface area contributed by atoms with E-state index in [2.05, 4.69) is 26.6 Å². The Kier molecular flexibility index (Phi) is 5.47. The van der Waals surface area contributed by atoms with Gasteiger partial charge in [0.15, 0.2) is 0 Å². The molecule has 22 heavy (non-hydrogen) atoms. The summed E-state index contributed by atoms with van der Waals surface area (Å²) in [4.78, 5) is 4.94. The van der Waals surface area contributed by atoms with E-state index in [4.69, 9.17) is 11.6 Å². The van der Waals surface area contributed by atoms with E-state index in [0.29, 0.717) is 0 Å². The number of hydrogen-bond donors (Lipinski definition) is 0. The number of nitrogens with zero attached hydrogens (tertiary/aromatic N) is 2. The van der Waals surface area contributed by atoms with Crippen LogP contribution < -0.4 is 0 Å². The van der Waals surface area contributed by atoms with Crippen molar-refractivity contribution in [2.24, 2.45) is 0 Å². The van der Waals surface area contributed by atoms with Gasteiger partial charge in [0.25, 0.3) is 0 Å². The summed E-state index contributed by atoms with van der Waals surface area (Å²) in [6.07, 6.45) is 1.17. The first-order valence-corrected chi connectivity index (χ1v) is 8.92. The number of halogens is 2. The molecule has 1 saturated heterocycles. The van der Waals surface area contributed by atoms with Gasteiger partial charge in [-0.15, -0.1) is 0 Å². The number of rotatable bonds is 4. The number of hydrogen-bond acceptors (Lipinski definition) is 3. The van der Waals surface area contributed by atoms with Gasteiger partial charge in [-0.3, -0.25) is 9.80 Å². The van der Waals surface area contributed by atoms with Crippen LogP contribution in [0.25, 0.3) is 0 Å². The molecule has 0 aliphatic carbocycles. The number of thiophene rings is 1. The molecule has 0 saturated carbocycles.